The summed E-state index contributed by atoms with van der Waals surface area (Å²) in [4.78, 5) is 0. The number of rotatable bonds is 2. The SMILES string of the molecule is CC[C@@H](N)c1ccc(C)c2ccccc12. The van der Waals surface area contributed by atoms with E-state index in [2.05, 4.69) is 50.2 Å². The van der Waals surface area contributed by atoms with Crippen LogP contribution in [-0.2, 0) is 0 Å². The molecule has 0 unspecified atom stereocenters. The van der Waals surface area contributed by atoms with Crippen LogP contribution in [0.25, 0.3) is 10.8 Å². The van der Waals surface area contributed by atoms with E-state index in [0.717, 1.165) is 6.42 Å². The molecule has 1 heteroatoms. The minimum Gasteiger partial charge on any atom is -0.324 e. The number of aryl methyl sites for hydroxylation is 1. The Hall–Kier alpha value is -1.34. The molecule has 2 rings (SSSR count). The van der Waals surface area contributed by atoms with Gasteiger partial charge in [0.15, 0.2) is 0 Å². The molecule has 15 heavy (non-hydrogen) atoms. The Morgan fingerprint density at radius 1 is 1.07 bits per heavy atom. The smallest absolute Gasteiger partial charge is 0.0298 e. The Morgan fingerprint density at radius 3 is 2.40 bits per heavy atom. The fourth-order valence-corrected chi connectivity index (χ4v) is 2.02. The normalized spacial score (nSPS) is 13.0. The molecule has 0 spiro atoms. The molecule has 0 aliphatic carbocycles. The Labute approximate surface area is 90.9 Å². The minimum absolute atomic E-state index is 0.149. The Morgan fingerprint density at radius 2 is 1.73 bits per heavy atom. The first-order valence-electron chi connectivity index (χ1n) is 5.48. The van der Waals surface area contributed by atoms with Gasteiger partial charge in [0.1, 0.15) is 0 Å². The second kappa shape index (κ2) is 4.03. The highest BCUT2D eigenvalue weighted by Crippen LogP contribution is 2.26. The standard InChI is InChI=1S/C14H17N/c1-3-14(15)13-9-8-10(2)11-6-4-5-7-12(11)13/h4-9,14H,3,15H2,1-2H3/t14-/m1/s1. The van der Waals surface area contributed by atoms with Gasteiger partial charge in [0.2, 0.25) is 0 Å². The van der Waals surface area contributed by atoms with Gasteiger partial charge in [-0.1, -0.05) is 43.3 Å². The molecule has 0 saturated carbocycles. The highest BCUT2D eigenvalue weighted by molar-refractivity contribution is 5.88. The van der Waals surface area contributed by atoms with E-state index in [9.17, 15) is 0 Å². The topological polar surface area (TPSA) is 26.0 Å². The van der Waals surface area contributed by atoms with Crippen LogP contribution in [0.2, 0.25) is 0 Å². The molecule has 0 bridgehead atoms. The zero-order valence-corrected chi connectivity index (χ0v) is 9.33. The van der Waals surface area contributed by atoms with Crippen molar-refractivity contribution in [3.8, 4) is 0 Å². The van der Waals surface area contributed by atoms with Gasteiger partial charge in [-0.15, -0.1) is 0 Å². The molecule has 2 aromatic rings. The molecule has 0 amide bonds. The van der Waals surface area contributed by atoms with Crippen LogP contribution in [-0.4, -0.2) is 0 Å². The summed E-state index contributed by atoms with van der Waals surface area (Å²) in [5, 5.41) is 2.62. The molecule has 0 fully saturated rings. The van der Waals surface area contributed by atoms with Gasteiger partial charge in [0.25, 0.3) is 0 Å². The molecule has 78 valence electrons. The first-order valence-corrected chi connectivity index (χ1v) is 5.48. The predicted molar refractivity (Wildman–Crippen MR) is 65.9 cm³/mol. The number of benzene rings is 2. The number of nitrogens with two attached hydrogens (primary N) is 1. The van der Waals surface area contributed by atoms with Crippen LogP contribution in [0.1, 0.15) is 30.5 Å². The monoisotopic (exact) mass is 199 g/mol. The van der Waals surface area contributed by atoms with Gasteiger partial charge >= 0.3 is 0 Å². The van der Waals surface area contributed by atoms with Crippen molar-refractivity contribution < 1.29 is 0 Å². The van der Waals surface area contributed by atoms with Crippen molar-refractivity contribution >= 4 is 10.8 Å². The van der Waals surface area contributed by atoms with E-state index in [4.69, 9.17) is 5.73 Å². The minimum atomic E-state index is 0.149. The number of fused-ring (bicyclic) bond motifs is 1. The zero-order valence-electron chi connectivity index (χ0n) is 9.33. The molecule has 1 nitrogen and oxygen atoms in total. The van der Waals surface area contributed by atoms with Crippen molar-refractivity contribution in [2.24, 2.45) is 5.73 Å². The summed E-state index contributed by atoms with van der Waals surface area (Å²) in [5.74, 6) is 0. The maximum absolute atomic E-state index is 6.11. The van der Waals surface area contributed by atoms with Crippen molar-refractivity contribution in [3.63, 3.8) is 0 Å². The fraction of sp³-hybridized carbons (Fsp3) is 0.286. The summed E-state index contributed by atoms with van der Waals surface area (Å²) in [5.41, 5.74) is 8.69. The first kappa shape index (κ1) is 10.2. The van der Waals surface area contributed by atoms with Gasteiger partial charge in [-0.05, 0) is 35.2 Å². The highest BCUT2D eigenvalue weighted by atomic mass is 14.6. The van der Waals surface area contributed by atoms with Crippen molar-refractivity contribution in [2.45, 2.75) is 26.3 Å². The largest absolute Gasteiger partial charge is 0.324 e. The van der Waals surface area contributed by atoms with E-state index in [1.165, 1.54) is 21.9 Å². The number of hydrogen-bond donors (Lipinski definition) is 1. The van der Waals surface area contributed by atoms with Crippen molar-refractivity contribution in [2.75, 3.05) is 0 Å². The van der Waals surface area contributed by atoms with Crippen LogP contribution in [0.4, 0.5) is 0 Å². The van der Waals surface area contributed by atoms with Crippen LogP contribution in [0.3, 0.4) is 0 Å². The van der Waals surface area contributed by atoms with Crippen LogP contribution < -0.4 is 5.73 Å². The third-order valence-electron chi connectivity index (χ3n) is 3.02. The van der Waals surface area contributed by atoms with Crippen molar-refractivity contribution in [1.82, 2.24) is 0 Å². The summed E-state index contributed by atoms with van der Waals surface area (Å²) in [6.07, 6.45) is 0.979. The average molecular weight is 199 g/mol. The summed E-state index contributed by atoms with van der Waals surface area (Å²) in [7, 11) is 0. The van der Waals surface area contributed by atoms with E-state index < -0.39 is 0 Å². The predicted octanol–water partition coefficient (Wildman–Crippen LogP) is 3.56. The molecule has 0 heterocycles. The molecular weight excluding hydrogens is 182 g/mol. The molecule has 2 N–H and O–H groups in total. The van der Waals surface area contributed by atoms with E-state index in [1.807, 2.05) is 0 Å². The van der Waals surface area contributed by atoms with E-state index in [-0.39, 0.29) is 6.04 Å². The lowest BCUT2D eigenvalue weighted by Crippen LogP contribution is -2.09. The zero-order chi connectivity index (χ0) is 10.8. The molecule has 0 radical (unpaired) electrons. The third-order valence-corrected chi connectivity index (χ3v) is 3.02. The molecule has 1 atom stereocenters. The Kier molecular flexibility index (Phi) is 2.74. The second-order valence-corrected chi connectivity index (χ2v) is 4.03. The van der Waals surface area contributed by atoms with E-state index in [0.29, 0.717) is 0 Å². The van der Waals surface area contributed by atoms with Crippen LogP contribution in [0.5, 0.6) is 0 Å². The highest BCUT2D eigenvalue weighted by Gasteiger charge is 2.08. The summed E-state index contributed by atoms with van der Waals surface area (Å²) < 4.78 is 0. The fourth-order valence-electron chi connectivity index (χ4n) is 2.02. The summed E-state index contributed by atoms with van der Waals surface area (Å²) in [6.45, 7) is 4.27. The summed E-state index contributed by atoms with van der Waals surface area (Å²) >= 11 is 0. The van der Waals surface area contributed by atoms with Crippen LogP contribution >= 0.6 is 0 Å². The lowest BCUT2D eigenvalue weighted by molar-refractivity contribution is 0.704. The second-order valence-electron chi connectivity index (χ2n) is 4.03. The van der Waals surface area contributed by atoms with Gasteiger partial charge in [0.05, 0.1) is 0 Å². The maximum atomic E-state index is 6.11. The Bertz CT molecular complexity index is 474. The Balaban J connectivity index is 2.71. The van der Waals surface area contributed by atoms with Gasteiger partial charge < -0.3 is 5.73 Å². The quantitative estimate of drug-likeness (QED) is 0.786. The number of hydrogen-bond acceptors (Lipinski definition) is 1. The van der Waals surface area contributed by atoms with Crippen molar-refractivity contribution in [1.29, 1.82) is 0 Å². The van der Waals surface area contributed by atoms with Gasteiger partial charge in [-0.25, -0.2) is 0 Å². The third kappa shape index (κ3) is 1.75. The maximum Gasteiger partial charge on any atom is 0.0298 e. The summed E-state index contributed by atoms with van der Waals surface area (Å²) in [6, 6.07) is 12.9. The molecule has 2 aromatic carbocycles. The molecule has 0 aromatic heterocycles. The molecule has 0 aliphatic heterocycles. The van der Waals surface area contributed by atoms with E-state index in [1.54, 1.807) is 0 Å². The van der Waals surface area contributed by atoms with Gasteiger partial charge in [-0.2, -0.15) is 0 Å². The molecule has 0 saturated heterocycles. The molecule has 0 aliphatic rings. The first-order chi connectivity index (χ1) is 7.24. The lowest BCUT2D eigenvalue weighted by atomic mass is 9.95. The van der Waals surface area contributed by atoms with Crippen LogP contribution in [0, 0.1) is 6.92 Å². The van der Waals surface area contributed by atoms with Gasteiger partial charge in [0, 0.05) is 6.04 Å². The molecular formula is C14H17N. The van der Waals surface area contributed by atoms with Crippen molar-refractivity contribution in [3.05, 3.63) is 47.5 Å². The van der Waals surface area contributed by atoms with Gasteiger partial charge in [-0.3, -0.25) is 0 Å². The average Bonchev–Trinajstić information content (AvgIpc) is 2.29. The lowest BCUT2D eigenvalue weighted by Gasteiger charge is -2.13. The van der Waals surface area contributed by atoms with Crippen LogP contribution in [0.15, 0.2) is 36.4 Å². The van der Waals surface area contributed by atoms with E-state index >= 15 is 0 Å².